The number of nitrogens with zero attached hydrogens (tertiary/aromatic N) is 5. The van der Waals surface area contributed by atoms with Gasteiger partial charge in [-0.05, 0) is 30.2 Å². The number of fused-ring (bicyclic) bond motifs is 1. The first-order valence-corrected chi connectivity index (χ1v) is 7.67. The van der Waals surface area contributed by atoms with Gasteiger partial charge >= 0.3 is 0 Å². The van der Waals surface area contributed by atoms with Crippen LogP contribution in [0.3, 0.4) is 0 Å². The van der Waals surface area contributed by atoms with Crippen molar-refractivity contribution in [3.8, 4) is 0 Å². The molecule has 0 saturated heterocycles. The van der Waals surface area contributed by atoms with E-state index in [1.807, 2.05) is 42.3 Å². The average Bonchev–Trinajstić information content (AvgIpc) is 3.06. The van der Waals surface area contributed by atoms with Gasteiger partial charge in [0.1, 0.15) is 0 Å². The van der Waals surface area contributed by atoms with Crippen molar-refractivity contribution in [2.75, 3.05) is 23.4 Å². The number of benzene rings is 2. The van der Waals surface area contributed by atoms with Gasteiger partial charge in [-0.2, -0.15) is 10.1 Å². The van der Waals surface area contributed by atoms with Gasteiger partial charge in [0, 0.05) is 25.0 Å². The number of hydrogen-bond acceptors (Lipinski definition) is 5. The lowest BCUT2D eigenvalue weighted by molar-refractivity contribution is 0.892. The Hall–Kier alpha value is -2.95. The zero-order valence-corrected chi connectivity index (χ0v) is 12.9. The molecule has 0 unspecified atom stereocenters. The summed E-state index contributed by atoms with van der Waals surface area (Å²) in [5.41, 5.74) is 3.60. The summed E-state index contributed by atoms with van der Waals surface area (Å²) in [6, 6.07) is 18.5. The second kappa shape index (κ2) is 5.68. The lowest BCUT2D eigenvalue weighted by atomic mass is 10.2. The molecular weight excluding hydrogens is 286 g/mol. The van der Waals surface area contributed by atoms with Gasteiger partial charge in [-0.1, -0.05) is 36.4 Å². The van der Waals surface area contributed by atoms with E-state index < -0.39 is 0 Å². The van der Waals surface area contributed by atoms with Crippen molar-refractivity contribution in [1.29, 1.82) is 0 Å². The number of hydrogen-bond donors (Lipinski definition) is 0. The van der Waals surface area contributed by atoms with Crippen molar-refractivity contribution < 1.29 is 0 Å². The predicted molar refractivity (Wildman–Crippen MR) is 91.5 cm³/mol. The molecule has 114 valence electrons. The molecule has 1 aromatic heterocycles. The van der Waals surface area contributed by atoms with E-state index in [-0.39, 0.29) is 0 Å². The first kappa shape index (κ1) is 13.7. The van der Waals surface area contributed by atoms with Crippen LogP contribution in [-0.4, -0.2) is 28.8 Å². The molecule has 3 aromatic rings. The van der Waals surface area contributed by atoms with Crippen molar-refractivity contribution in [2.45, 2.75) is 6.42 Å². The summed E-state index contributed by atoms with van der Waals surface area (Å²) in [4.78, 5) is 8.85. The molecule has 0 radical (unpaired) electrons. The summed E-state index contributed by atoms with van der Waals surface area (Å²) >= 11 is 0. The topological polar surface area (TPSA) is 45.2 Å². The minimum Gasteiger partial charge on any atom is -0.324 e. The number of para-hydroxylation sites is 2. The largest absolute Gasteiger partial charge is 0.324 e. The van der Waals surface area contributed by atoms with Crippen LogP contribution in [0.25, 0.3) is 0 Å². The van der Waals surface area contributed by atoms with Crippen LogP contribution in [0.4, 0.5) is 23.1 Å². The van der Waals surface area contributed by atoms with Crippen LogP contribution in [0, 0.1) is 0 Å². The molecule has 5 heteroatoms. The van der Waals surface area contributed by atoms with E-state index in [4.69, 9.17) is 4.98 Å². The smallest absolute Gasteiger partial charge is 0.251 e. The van der Waals surface area contributed by atoms with Gasteiger partial charge in [0.05, 0.1) is 6.20 Å². The Bertz CT molecular complexity index is 818. The van der Waals surface area contributed by atoms with E-state index in [1.165, 1.54) is 11.3 Å². The quantitative estimate of drug-likeness (QED) is 0.742. The zero-order valence-electron chi connectivity index (χ0n) is 12.9. The highest BCUT2D eigenvalue weighted by Gasteiger charge is 2.22. The molecule has 0 saturated carbocycles. The van der Waals surface area contributed by atoms with Gasteiger partial charge in [-0.25, -0.2) is 0 Å². The van der Waals surface area contributed by atoms with Crippen LogP contribution < -0.4 is 9.80 Å². The average molecular weight is 303 g/mol. The summed E-state index contributed by atoms with van der Waals surface area (Å²) in [7, 11) is 1.95. The Balaban J connectivity index is 1.68. The zero-order chi connectivity index (χ0) is 15.6. The lowest BCUT2D eigenvalue weighted by Crippen LogP contribution is -2.19. The molecule has 0 amide bonds. The highest BCUT2D eigenvalue weighted by Crippen LogP contribution is 2.33. The Morgan fingerprint density at radius 3 is 2.65 bits per heavy atom. The second-order valence-electron chi connectivity index (χ2n) is 5.54. The van der Waals surface area contributed by atoms with Crippen LogP contribution in [0.1, 0.15) is 5.56 Å². The summed E-state index contributed by atoms with van der Waals surface area (Å²) in [5, 5.41) is 8.33. The minimum absolute atomic E-state index is 0.595. The van der Waals surface area contributed by atoms with Crippen molar-refractivity contribution in [1.82, 2.24) is 15.2 Å². The SMILES string of the molecule is CN(c1ccccc1)c1nncc(N2CCc3ccccc32)n1. The van der Waals surface area contributed by atoms with Crippen molar-refractivity contribution >= 4 is 23.1 Å². The van der Waals surface area contributed by atoms with Crippen LogP contribution >= 0.6 is 0 Å². The molecule has 1 aliphatic rings. The lowest BCUT2D eigenvalue weighted by Gasteiger charge is -2.21. The second-order valence-corrected chi connectivity index (χ2v) is 5.54. The fraction of sp³-hybridized carbons (Fsp3) is 0.167. The molecule has 0 N–H and O–H groups in total. The van der Waals surface area contributed by atoms with E-state index in [0.717, 1.165) is 24.5 Å². The van der Waals surface area contributed by atoms with E-state index in [0.29, 0.717) is 5.95 Å². The summed E-state index contributed by atoms with van der Waals surface area (Å²) in [6.45, 7) is 0.923. The van der Waals surface area contributed by atoms with Gasteiger partial charge in [-0.15, -0.1) is 5.10 Å². The molecule has 0 atom stereocenters. The summed E-state index contributed by atoms with van der Waals surface area (Å²) in [5.74, 6) is 1.43. The fourth-order valence-electron chi connectivity index (χ4n) is 2.90. The Morgan fingerprint density at radius 2 is 1.78 bits per heavy atom. The van der Waals surface area contributed by atoms with Crippen LogP contribution in [0.2, 0.25) is 0 Å². The highest BCUT2D eigenvalue weighted by molar-refractivity contribution is 5.68. The molecule has 4 rings (SSSR count). The van der Waals surface area contributed by atoms with Crippen molar-refractivity contribution in [3.05, 3.63) is 66.4 Å². The van der Waals surface area contributed by atoms with Crippen molar-refractivity contribution in [3.63, 3.8) is 0 Å². The van der Waals surface area contributed by atoms with E-state index in [9.17, 15) is 0 Å². The van der Waals surface area contributed by atoms with Crippen LogP contribution in [-0.2, 0) is 6.42 Å². The van der Waals surface area contributed by atoms with Gasteiger partial charge in [-0.3, -0.25) is 0 Å². The number of aromatic nitrogens is 3. The van der Waals surface area contributed by atoms with Gasteiger partial charge in [0.15, 0.2) is 5.82 Å². The van der Waals surface area contributed by atoms with Gasteiger partial charge < -0.3 is 9.80 Å². The van der Waals surface area contributed by atoms with E-state index in [1.54, 1.807) is 6.20 Å². The maximum absolute atomic E-state index is 4.71. The summed E-state index contributed by atoms with van der Waals surface area (Å²) < 4.78 is 0. The molecular formula is C18H17N5. The minimum atomic E-state index is 0.595. The third kappa shape index (κ3) is 2.50. The molecule has 1 aliphatic heterocycles. The summed E-state index contributed by atoms with van der Waals surface area (Å²) in [6.07, 6.45) is 2.76. The fourth-order valence-corrected chi connectivity index (χ4v) is 2.90. The van der Waals surface area contributed by atoms with Gasteiger partial charge in [0.2, 0.25) is 0 Å². The maximum atomic E-state index is 4.71. The molecule has 0 aliphatic carbocycles. The van der Waals surface area contributed by atoms with Crippen LogP contribution in [0.5, 0.6) is 0 Å². The Labute approximate surface area is 135 Å². The van der Waals surface area contributed by atoms with Crippen molar-refractivity contribution in [2.24, 2.45) is 0 Å². The van der Waals surface area contributed by atoms with Crippen LogP contribution in [0.15, 0.2) is 60.8 Å². The van der Waals surface area contributed by atoms with Gasteiger partial charge in [0.25, 0.3) is 5.95 Å². The van der Waals surface area contributed by atoms with E-state index in [2.05, 4.69) is 39.4 Å². The number of anilines is 4. The molecule has 0 spiro atoms. The highest BCUT2D eigenvalue weighted by atomic mass is 15.3. The predicted octanol–water partition coefficient (Wildman–Crippen LogP) is 3.33. The first-order valence-electron chi connectivity index (χ1n) is 7.67. The molecule has 0 bridgehead atoms. The molecule has 2 aromatic carbocycles. The third-order valence-corrected chi connectivity index (χ3v) is 4.14. The number of rotatable bonds is 3. The molecule has 5 nitrogen and oxygen atoms in total. The molecule has 0 fully saturated rings. The molecule has 23 heavy (non-hydrogen) atoms. The standard InChI is InChI=1S/C18H17N5/c1-22(15-8-3-2-4-9-15)18-20-17(13-19-21-18)23-12-11-14-7-5-6-10-16(14)23/h2-10,13H,11-12H2,1H3. The normalized spacial score (nSPS) is 13.0. The van der Waals surface area contributed by atoms with E-state index >= 15 is 0 Å². The Kier molecular flexibility index (Phi) is 3.38. The first-order chi connectivity index (χ1) is 11.3. The molecule has 2 heterocycles. The third-order valence-electron chi connectivity index (χ3n) is 4.14. The monoisotopic (exact) mass is 303 g/mol. The maximum Gasteiger partial charge on any atom is 0.251 e. The Morgan fingerprint density at radius 1 is 1.00 bits per heavy atom.